The van der Waals surface area contributed by atoms with Crippen LogP contribution in [0.2, 0.25) is 5.02 Å². The first kappa shape index (κ1) is 10.6. The van der Waals surface area contributed by atoms with Crippen LogP contribution < -0.4 is 10.1 Å². The highest BCUT2D eigenvalue weighted by Gasteiger charge is 2.17. The Balaban J connectivity index is 2.17. The molecule has 0 aliphatic carbocycles. The van der Waals surface area contributed by atoms with Crippen molar-refractivity contribution in [1.82, 2.24) is 0 Å². The number of anilines is 1. The summed E-state index contributed by atoms with van der Waals surface area (Å²) < 4.78 is 5.82. The number of rotatable bonds is 0. The summed E-state index contributed by atoms with van der Waals surface area (Å²) in [5, 5.41) is 3.79. The molecule has 0 saturated heterocycles. The maximum Gasteiger partial charge on any atom is 0.150 e. The van der Waals surface area contributed by atoms with E-state index in [-0.39, 0.29) is 0 Å². The predicted octanol–water partition coefficient (Wildman–Crippen LogP) is 4.23. The Morgan fingerprint density at radius 3 is 2.76 bits per heavy atom. The molecule has 0 spiro atoms. The number of para-hydroxylation sites is 2. The molecule has 0 bridgehead atoms. The minimum absolute atomic E-state index is 0.618. The Hall–Kier alpha value is -1.58. The van der Waals surface area contributed by atoms with Crippen molar-refractivity contribution in [2.75, 3.05) is 5.32 Å². The zero-order valence-electron chi connectivity index (χ0n) is 8.74. The van der Waals surface area contributed by atoms with Gasteiger partial charge in [-0.25, -0.2) is 0 Å². The number of benzene rings is 2. The van der Waals surface area contributed by atoms with Gasteiger partial charge in [-0.2, -0.15) is 0 Å². The third-order valence-electron chi connectivity index (χ3n) is 2.54. The van der Waals surface area contributed by atoms with Gasteiger partial charge < -0.3 is 10.1 Å². The van der Waals surface area contributed by atoms with Crippen molar-refractivity contribution in [3.63, 3.8) is 0 Å². The summed E-state index contributed by atoms with van der Waals surface area (Å²) in [6.45, 7) is 0. The largest absolute Gasteiger partial charge is 0.454 e. The zero-order chi connectivity index (χ0) is 11.8. The Bertz CT molecular complexity index is 612. The lowest BCUT2D eigenvalue weighted by atomic mass is 10.2. The normalized spacial score (nSPS) is 12.9. The third-order valence-corrected chi connectivity index (χ3v) is 3.10. The van der Waals surface area contributed by atoms with Crippen LogP contribution in [0.4, 0.5) is 5.69 Å². The molecule has 4 heteroatoms. The summed E-state index contributed by atoms with van der Waals surface area (Å²) in [6.07, 6.45) is 0. The van der Waals surface area contributed by atoms with Gasteiger partial charge in [0.15, 0.2) is 5.75 Å². The number of nitrogens with one attached hydrogen (secondary N) is 1. The SMILES string of the molecule is S=C1Nc2ccccc2Oc2ccc(Cl)cc21. The maximum atomic E-state index is 5.96. The summed E-state index contributed by atoms with van der Waals surface area (Å²) in [4.78, 5) is 0.618. The Kier molecular flexibility index (Phi) is 2.50. The zero-order valence-corrected chi connectivity index (χ0v) is 10.3. The highest BCUT2D eigenvalue weighted by molar-refractivity contribution is 7.81. The lowest BCUT2D eigenvalue weighted by Gasteiger charge is -2.06. The molecular weight excluding hydrogens is 254 g/mol. The molecule has 1 N–H and O–H groups in total. The minimum Gasteiger partial charge on any atom is -0.454 e. The Labute approximate surface area is 109 Å². The first-order valence-corrected chi connectivity index (χ1v) is 5.90. The average Bonchev–Trinajstić information content (AvgIpc) is 2.46. The van der Waals surface area contributed by atoms with Gasteiger partial charge in [0.25, 0.3) is 0 Å². The summed E-state index contributed by atoms with van der Waals surface area (Å²) in [6, 6.07) is 13.1. The van der Waals surface area contributed by atoms with Gasteiger partial charge in [-0.15, -0.1) is 0 Å². The topological polar surface area (TPSA) is 21.3 Å². The predicted molar refractivity (Wildman–Crippen MR) is 73.3 cm³/mol. The molecule has 2 nitrogen and oxygen atoms in total. The van der Waals surface area contributed by atoms with Gasteiger partial charge >= 0.3 is 0 Å². The fourth-order valence-electron chi connectivity index (χ4n) is 1.74. The molecule has 2 aromatic rings. The van der Waals surface area contributed by atoms with Crippen molar-refractivity contribution in [3.05, 3.63) is 53.1 Å². The lowest BCUT2D eigenvalue weighted by molar-refractivity contribution is 0.486. The maximum absolute atomic E-state index is 5.96. The standard InChI is InChI=1S/C13H8ClNOS/c14-8-5-6-11-9(7-8)13(17)15-10-3-1-2-4-12(10)16-11/h1-7H,(H,15,17). The first-order chi connectivity index (χ1) is 8.24. The van der Waals surface area contributed by atoms with Gasteiger partial charge in [0.05, 0.1) is 11.3 Å². The number of halogens is 1. The van der Waals surface area contributed by atoms with E-state index in [1.54, 1.807) is 12.1 Å². The highest BCUT2D eigenvalue weighted by atomic mass is 35.5. The van der Waals surface area contributed by atoms with E-state index in [0.717, 1.165) is 22.7 Å². The molecular formula is C13H8ClNOS. The second kappa shape index (κ2) is 4.02. The van der Waals surface area contributed by atoms with E-state index in [1.807, 2.05) is 30.3 Å². The fourth-order valence-corrected chi connectivity index (χ4v) is 2.18. The van der Waals surface area contributed by atoms with Crippen molar-refractivity contribution < 1.29 is 4.74 Å². The second-order valence-corrected chi connectivity index (χ2v) is 4.54. The van der Waals surface area contributed by atoms with Crippen LogP contribution in [0.1, 0.15) is 5.56 Å². The van der Waals surface area contributed by atoms with Crippen LogP contribution in [0.25, 0.3) is 0 Å². The molecule has 1 heterocycles. The van der Waals surface area contributed by atoms with Gasteiger partial charge in [-0.3, -0.25) is 0 Å². The molecule has 17 heavy (non-hydrogen) atoms. The molecule has 1 aliphatic heterocycles. The molecule has 0 atom stereocenters. The van der Waals surface area contributed by atoms with Crippen LogP contribution >= 0.6 is 23.8 Å². The molecule has 0 radical (unpaired) electrons. The van der Waals surface area contributed by atoms with Crippen molar-refractivity contribution in [2.45, 2.75) is 0 Å². The molecule has 0 fully saturated rings. The lowest BCUT2D eigenvalue weighted by Crippen LogP contribution is -2.08. The number of ether oxygens (including phenoxy) is 1. The van der Waals surface area contributed by atoms with Gasteiger partial charge in [-0.05, 0) is 30.3 Å². The summed E-state index contributed by atoms with van der Waals surface area (Å²) in [5.74, 6) is 1.48. The fraction of sp³-hybridized carbons (Fsp3) is 0. The van der Waals surface area contributed by atoms with E-state index in [2.05, 4.69) is 5.32 Å². The number of hydrogen-bond donors (Lipinski definition) is 1. The molecule has 0 amide bonds. The van der Waals surface area contributed by atoms with Crippen molar-refractivity contribution in [1.29, 1.82) is 0 Å². The molecule has 1 aliphatic rings. The quantitative estimate of drug-likeness (QED) is 0.717. The molecule has 2 aromatic carbocycles. The molecule has 0 aromatic heterocycles. The summed E-state index contributed by atoms with van der Waals surface area (Å²) in [7, 11) is 0. The average molecular weight is 262 g/mol. The van der Waals surface area contributed by atoms with Gasteiger partial charge in [0.2, 0.25) is 0 Å². The van der Waals surface area contributed by atoms with Crippen molar-refractivity contribution in [2.24, 2.45) is 0 Å². The minimum atomic E-state index is 0.618. The molecule has 0 unspecified atom stereocenters. The van der Waals surface area contributed by atoms with E-state index >= 15 is 0 Å². The van der Waals surface area contributed by atoms with E-state index in [0.29, 0.717) is 10.0 Å². The van der Waals surface area contributed by atoms with Gasteiger partial charge in [0.1, 0.15) is 10.7 Å². The van der Waals surface area contributed by atoms with Crippen LogP contribution in [0.3, 0.4) is 0 Å². The summed E-state index contributed by atoms with van der Waals surface area (Å²) >= 11 is 11.3. The molecule has 84 valence electrons. The Morgan fingerprint density at radius 1 is 1.06 bits per heavy atom. The Morgan fingerprint density at radius 2 is 1.88 bits per heavy atom. The summed E-state index contributed by atoms with van der Waals surface area (Å²) in [5.41, 5.74) is 1.67. The van der Waals surface area contributed by atoms with Crippen LogP contribution in [-0.4, -0.2) is 4.99 Å². The number of thiocarbonyl (C=S) groups is 1. The van der Waals surface area contributed by atoms with Crippen LogP contribution in [-0.2, 0) is 0 Å². The van der Waals surface area contributed by atoms with E-state index < -0.39 is 0 Å². The van der Waals surface area contributed by atoms with Crippen molar-refractivity contribution in [3.8, 4) is 11.5 Å². The molecule has 0 saturated carbocycles. The van der Waals surface area contributed by atoms with Crippen LogP contribution in [0.15, 0.2) is 42.5 Å². The van der Waals surface area contributed by atoms with E-state index in [1.165, 1.54) is 0 Å². The molecule has 3 rings (SSSR count). The van der Waals surface area contributed by atoms with E-state index in [4.69, 9.17) is 28.6 Å². The monoisotopic (exact) mass is 261 g/mol. The smallest absolute Gasteiger partial charge is 0.150 e. The second-order valence-electron chi connectivity index (χ2n) is 3.69. The number of fused-ring (bicyclic) bond motifs is 2. The van der Waals surface area contributed by atoms with Crippen LogP contribution in [0, 0.1) is 0 Å². The number of hydrogen-bond acceptors (Lipinski definition) is 2. The third kappa shape index (κ3) is 1.88. The van der Waals surface area contributed by atoms with Crippen molar-refractivity contribution >= 4 is 34.5 Å². The van der Waals surface area contributed by atoms with E-state index in [9.17, 15) is 0 Å². The van der Waals surface area contributed by atoms with Gasteiger partial charge in [0, 0.05) is 5.02 Å². The van der Waals surface area contributed by atoms with Crippen LogP contribution in [0.5, 0.6) is 11.5 Å². The first-order valence-electron chi connectivity index (χ1n) is 5.12. The highest BCUT2D eigenvalue weighted by Crippen LogP contribution is 2.36. The van der Waals surface area contributed by atoms with Gasteiger partial charge in [-0.1, -0.05) is 36.0 Å².